The standard InChI is InChI=1S/C24H24BrFN4O2/c1-15-8-18-12-29(13-21(15)30(18)22-5-2-16(10-27)11-28-22)23(31)14-32-24(6-7-24)19-9-17(26)3-4-20(19)25/h2-5,9,11,15,18,21H,6-8,12-14H2,1H3/t15-,18?,21?/m0/s1. The number of ether oxygens (including phenoxy) is 1. The minimum atomic E-state index is -0.572. The first-order valence-electron chi connectivity index (χ1n) is 10.9. The van der Waals surface area contributed by atoms with E-state index in [-0.39, 0.29) is 30.4 Å². The lowest BCUT2D eigenvalue weighted by Gasteiger charge is -2.42. The zero-order chi connectivity index (χ0) is 22.5. The van der Waals surface area contributed by atoms with Crippen molar-refractivity contribution in [2.24, 2.45) is 5.92 Å². The van der Waals surface area contributed by atoms with Gasteiger partial charge >= 0.3 is 0 Å². The molecule has 8 heteroatoms. The zero-order valence-electron chi connectivity index (χ0n) is 17.8. The minimum absolute atomic E-state index is 0.00804. The van der Waals surface area contributed by atoms with Gasteiger partial charge in [0.1, 0.15) is 24.3 Å². The second-order valence-corrected chi connectivity index (χ2v) is 9.92. The predicted octanol–water partition coefficient (Wildman–Crippen LogP) is 3.99. The van der Waals surface area contributed by atoms with Crippen LogP contribution in [0, 0.1) is 23.1 Å². The molecule has 3 fully saturated rings. The van der Waals surface area contributed by atoms with Crippen LogP contribution in [0.3, 0.4) is 0 Å². The number of hydrogen-bond donors (Lipinski definition) is 0. The average Bonchev–Trinajstić information content (AvgIpc) is 3.56. The van der Waals surface area contributed by atoms with Crippen molar-refractivity contribution in [1.82, 2.24) is 9.88 Å². The summed E-state index contributed by atoms with van der Waals surface area (Å²) in [5, 5.41) is 9.03. The summed E-state index contributed by atoms with van der Waals surface area (Å²) >= 11 is 3.49. The molecule has 5 rings (SSSR count). The average molecular weight is 499 g/mol. The van der Waals surface area contributed by atoms with E-state index in [1.807, 2.05) is 11.0 Å². The molecule has 0 radical (unpaired) electrons. The number of likely N-dealkylation sites (tertiary alicyclic amines) is 1. The van der Waals surface area contributed by atoms with Crippen LogP contribution < -0.4 is 4.90 Å². The number of halogens is 2. The van der Waals surface area contributed by atoms with Gasteiger partial charge < -0.3 is 14.5 Å². The molecule has 6 nitrogen and oxygen atoms in total. The Morgan fingerprint density at radius 3 is 2.81 bits per heavy atom. The van der Waals surface area contributed by atoms with Gasteiger partial charge in [0.05, 0.1) is 17.2 Å². The quantitative estimate of drug-likeness (QED) is 0.623. The highest BCUT2D eigenvalue weighted by atomic mass is 79.9. The highest BCUT2D eigenvalue weighted by Crippen LogP contribution is 2.51. The Kier molecular flexibility index (Phi) is 5.42. The van der Waals surface area contributed by atoms with Gasteiger partial charge in [-0.3, -0.25) is 4.79 Å². The Labute approximate surface area is 195 Å². The number of carbonyl (C=O) groups is 1. The molecule has 3 aliphatic rings. The number of aromatic nitrogens is 1. The lowest BCUT2D eigenvalue weighted by molar-refractivity contribution is -0.140. The molecule has 3 heterocycles. The molecule has 2 bridgehead atoms. The van der Waals surface area contributed by atoms with Crippen molar-refractivity contribution in [2.75, 3.05) is 24.6 Å². The Bertz CT molecular complexity index is 1080. The normalized spacial score (nSPS) is 25.5. The number of anilines is 1. The minimum Gasteiger partial charge on any atom is -0.360 e. The molecule has 1 amide bonds. The van der Waals surface area contributed by atoms with Crippen molar-refractivity contribution in [3.8, 4) is 6.07 Å². The number of fused-ring (bicyclic) bond motifs is 2. The highest BCUT2D eigenvalue weighted by Gasteiger charge is 2.49. The molecule has 2 aromatic rings. The van der Waals surface area contributed by atoms with Crippen LogP contribution >= 0.6 is 15.9 Å². The van der Waals surface area contributed by atoms with Gasteiger partial charge in [-0.1, -0.05) is 22.9 Å². The van der Waals surface area contributed by atoms with Crippen LogP contribution in [0.15, 0.2) is 41.0 Å². The first-order valence-corrected chi connectivity index (χ1v) is 11.7. The van der Waals surface area contributed by atoms with Crippen LogP contribution in [0.1, 0.15) is 37.3 Å². The number of amides is 1. The Hall–Kier alpha value is -2.50. The molecule has 1 saturated carbocycles. The van der Waals surface area contributed by atoms with Crippen molar-refractivity contribution in [2.45, 2.75) is 43.9 Å². The van der Waals surface area contributed by atoms with E-state index in [1.54, 1.807) is 18.3 Å². The second-order valence-electron chi connectivity index (χ2n) is 9.06. The van der Waals surface area contributed by atoms with E-state index in [9.17, 15) is 9.18 Å². The fourth-order valence-corrected chi connectivity index (χ4v) is 5.75. The van der Waals surface area contributed by atoms with Crippen LogP contribution in [0.25, 0.3) is 0 Å². The van der Waals surface area contributed by atoms with Crippen molar-refractivity contribution in [1.29, 1.82) is 5.26 Å². The van der Waals surface area contributed by atoms with Crippen LogP contribution in [0.2, 0.25) is 0 Å². The summed E-state index contributed by atoms with van der Waals surface area (Å²) in [5.41, 5.74) is 0.742. The molecular formula is C24H24BrFN4O2. The van der Waals surface area contributed by atoms with Crippen LogP contribution in [-0.4, -0.2) is 47.6 Å². The number of hydrogen-bond acceptors (Lipinski definition) is 5. The number of nitriles is 1. The molecule has 0 spiro atoms. The van der Waals surface area contributed by atoms with Gasteiger partial charge in [0.2, 0.25) is 5.91 Å². The van der Waals surface area contributed by atoms with E-state index >= 15 is 0 Å². The van der Waals surface area contributed by atoms with Crippen LogP contribution in [0.4, 0.5) is 10.2 Å². The lowest BCUT2D eigenvalue weighted by atomic mass is 10.0. The SMILES string of the molecule is C[C@H]1CC2CN(C(=O)COC3(c4cc(F)ccc4Br)CC3)CC1N2c1ccc(C#N)cn1. The molecule has 3 atom stereocenters. The van der Waals surface area contributed by atoms with E-state index < -0.39 is 5.60 Å². The molecule has 2 unspecified atom stereocenters. The summed E-state index contributed by atoms with van der Waals surface area (Å²) in [4.78, 5) is 21.7. The lowest BCUT2D eigenvalue weighted by Crippen LogP contribution is -2.57. The number of nitrogens with zero attached hydrogens (tertiary/aromatic N) is 4. The van der Waals surface area contributed by atoms with Crippen LogP contribution in [0.5, 0.6) is 0 Å². The molecule has 1 aromatic carbocycles. The predicted molar refractivity (Wildman–Crippen MR) is 120 cm³/mol. The number of carbonyl (C=O) groups excluding carboxylic acids is 1. The Balaban J connectivity index is 1.26. The summed E-state index contributed by atoms with van der Waals surface area (Å²) < 4.78 is 20.7. The number of rotatable bonds is 5. The fraction of sp³-hybridized carbons (Fsp3) is 0.458. The van der Waals surface area contributed by atoms with E-state index in [2.05, 4.69) is 38.8 Å². The topological polar surface area (TPSA) is 69.5 Å². The van der Waals surface area contributed by atoms with Crippen molar-refractivity contribution in [3.05, 3.63) is 57.9 Å². The van der Waals surface area contributed by atoms with Gasteiger partial charge in [0.25, 0.3) is 0 Å². The third-order valence-electron chi connectivity index (χ3n) is 6.98. The van der Waals surface area contributed by atoms with Crippen molar-refractivity contribution in [3.63, 3.8) is 0 Å². The summed E-state index contributed by atoms with van der Waals surface area (Å²) in [7, 11) is 0. The van der Waals surface area contributed by atoms with Crippen molar-refractivity contribution >= 4 is 27.7 Å². The zero-order valence-corrected chi connectivity index (χ0v) is 19.4. The van der Waals surface area contributed by atoms with Gasteiger partial charge in [0, 0.05) is 35.4 Å². The number of pyridine rings is 1. The summed E-state index contributed by atoms with van der Waals surface area (Å²) in [6.45, 7) is 3.46. The van der Waals surface area contributed by atoms with E-state index in [1.165, 1.54) is 12.1 Å². The maximum Gasteiger partial charge on any atom is 0.248 e. The van der Waals surface area contributed by atoms with Crippen LogP contribution in [-0.2, 0) is 15.1 Å². The molecule has 2 saturated heterocycles. The first kappa shape index (κ1) is 21.4. The largest absolute Gasteiger partial charge is 0.360 e. The molecule has 2 aliphatic heterocycles. The number of benzene rings is 1. The molecule has 0 N–H and O–H groups in total. The maximum absolute atomic E-state index is 13.8. The summed E-state index contributed by atoms with van der Waals surface area (Å²) in [6, 6.07) is 10.8. The fourth-order valence-electron chi connectivity index (χ4n) is 5.14. The molecule has 166 valence electrons. The molecular weight excluding hydrogens is 475 g/mol. The van der Waals surface area contributed by atoms with Gasteiger partial charge in [-0.2, -0.15) is 5.26 Å². The van der Waals surface area contributed by atoms with Gasteiger partial charge in [-0.15, -0.1) is 0 Å². The van der Waals surface area contributed by atoms with Gasteiger partial charge in [-0.25, -0.2) is 9.37 Å². The third kappa shape index (κ3) is 3.78. The Morgan fingerprint density at radius 2 is 2.16 bits per heavy atom. The van der Waals surface area contributed by atoms with Crippen molar-refractivity contribution < 1.29 is 13.9 Å². The second kappa shape index (κ2) is 8.13. The van der Waals surface area contributed by atoms with Gasteiger partial charge in [0.15, 0.2) is 0 Å². The molecule has 1 aromatic heterocycles. The third-order valence-corrected chi connectivity index (χ3v) is 7.67. The summed E-state index contributed by atoms with van der Waals surface area (Å²) in [5.74, 6) is 0.969. The molecule has 1 aliphatic carbocycles. The van der Waals surface area contributed by atoms with E-state index in [0.29, 0.717) is 24.6 Å². The van der Waals surface area contributed by atoms with E-state index in [4.69, 9.17) is 10.00 Å². The highest BCUT2D eigenvalue weighted by molar-refractivity contribution is 9.10. The molecule has 32 heavy (non-hydrogen) atoms. The Morgan fingerprint density at radius 1 is 1.34 bits per heavy atom. The first-order chi connectivity index (χ1) is 15.4. The number of piperazine rings is 1. The monoisotopic (exact) mass is 498 g/mol. The van der Waals surface area contributed by atoms with Gasteiger partial charge in [-0.05, 0) is 55.5 Å². The van der Waals surface area contributed by atoms with E-state index in [0.717, 1.165) is 35.1 Å². The summed E-state index contributed by atoms with van der Waals surface area (Å²) in [6.07, 6.45) is 4.16. The smallest absolute Gasteiger partial charge is 0.248 e. The maximum atomic E-state index is 13.8.